The SMILES string of the molecule is CC(C)CC(CN(C)C)NCc1c(F)cccc1F. The van der Waals surface area contributed by atoms with Gasteiger partial charge in [0, 0.05) is 24.7 Å². The van der Waals surface area contributed by atoms with Gasteiger partial charge in [0.1, 0.15) is 11.6 Å². The van der Waals surface area contributed by atoms with Crippen LogP contribution in [0, 0.1) is 17.6 Å². The van der Waals surface area contributed by atoms with Crippen molar-refractivity contribution in [3.8, 4) is 0 Å². The van der Waals surface area contributed by atoms with Crippen LogP contribution in [0.15, 0.2) is 18.2 Å². The second kappa shape index (κ2) is 7.56. The van der Waals surface area contributed by atoms with Crippen LogP contribution >= 0.6 is 0 Å². The third-order valence-electron chi connectivity index (χ3n) is 2.97. The van der Waals surface area contributed by atoms with Gasteiger partial charge in [0.15, 0.2) is 0 Å². The van der Waals surface area contributed by atoms with Crippen LogP contribution in [0.25, 0.3) is 0 Å². The molecule has 108 valence electrons. The minimum Gasteiger partial charge on any atom is -0.308 e. The zero-order valence-corrected chi connectivity index (χ0v) is 12.2. The molecule has 0 aromatic heterocycles. The van der Waals surface area contributed by atoms with Crippen molar-refractivity contribution in [1.82, 2.24) is 10.2 Å². The Kier molecular flexibility index (Phi) is 6.38. The van der Waals surface area contributed by atoms with Gasteiger partial charge in [0.05, 0.1) is 0 Å². The molecule has 0 saturated heterocycles. The number of halogens is 2. The first kappa shape index (κ1) is 16.1. The second-order valence-corrected chi connectivity index (χ2v) is 5.67. The van der Waals surface area contributed by atoms with E-state index in [1.807, 2.05) is 14.1 Å². The van der Waals surface area contributed by atoms with Crippen LogP contribution in [0.3, 0.4) is 0 Å². The number of likely N-dealkylation sites (N-methyl/N-ethyl adjacent to an activating group) is 1. The van der Waals surface area contributed by atoms with E-state index in [9.17, 15) is 8.78 Å². The van der Waals surface area contributed by atoms with Gasteiger partial charge in [-0.3, -0.25) is 0 Å². The summed E-state index contributed by atoms with van der Waals surface area (Å²) < 4.78 is 27.1. The number of hydrogen-bond acceptors (Lipinski definition) is 2. The Labute approximate surface area is 114 Å². The van der Waals surface area contributed by atoms with E-state index in [1.165, 1.54) is 18.2 Å². The molecular formula is C15H24F2N2. The summed E-state index contributed by atoms with van der Waals surface area (Å²) in [5.74, 6) is -0.427. The fraction of sp³-hybridized carbons (Fsp3) is 0.600. The standard InChI is InChI=1S/C15H24F2N2/c1-11(2)8-12(10-19(3)4)18-9-13-14(16)6-5-7-15(13)17/h5-7,11-12,18H,8-10H2,1-4H3. The number of rotatable bonds is 7. The van der Waals surface area contributed by atoms with Crippen LogP contribution in [0.2, 0.25) is 0 Å². The van der Waals surface area contributed by atoms with Crippen LogP contribution in [-0.4, -0.2) is 31.6 Å². The summed E-state index contributed by atoms with van der Waals surface area (Å²) in [6.45, 7) is 5.38. The Morgan fingerprint density at radius 3 is 2.21 bits per heavy atom. The Balaban J connectivity index is 2.64. The molecule has 0 amide bonds. The molecule has 0 radical (unpaired) electrons. The predicted molar refractivity (Wildman–Crippen MR) is 75.0 cm³/mol. The first-order valence-corrected chi connectivity index (χ1v) is 6.71. The molecule has 0 fully saturated rings. The fourth-order valence-corrected chi connectivity index (χ4v) is 2.18. The summed E-state index contributed by atoms with van der Waals surface area (Å²) in [6, 6.07) is 4.21. The zero-order valence-electron chi connectivity index (χ0n) is 12.2. The molecule has 1 unspecified atom stereocenters. The molecule has 0 saturated carbocycles. The average Bonchev–Trinajstić information content (AvgIpc) is 2.26. The Hall–Kier alpha value is -1.00. The lowest BCUT2D eigenvalue weighted by Crippen LogP contribution is -2.39. The largest absolute Gasteiger partial charge is 0.308 e. The lowest BCUT2D eigenvalue weighted by molar-refractivity contribution is 0.303. The topological polar surface area (TPSA) is 15.3 Å². The molecule has 0 spiro atoms. The summed E-state index contributed by atoms with van der Waals surface area (Å²) in [4.78, 5) is 2.08. The third kappa shape index (κ3) is 5.66. The molecule has 1 aromatic rings. The van der Waals surface area contributed by atoms with Gasteiger partial charge in [-0.2, -0.15) is 0 Å². The predicted octanol–water partition coefficient (Wildman–Crippen LogP) is 3.03. The van der Waals surface area contributed by atoms with Crippen LogP contribution in [0.1, 0.15) is 25.8 Å². The maximum atomic E-state index is 13.5. The van der Waals surface area contributed by atoms with Crippen molar-refractivity contribution in [1.29, 1.82) is 0 Å². The fourth-order valence-electron chi connectivity index (χ4n) is 2.18. The zero-order chi connectivity index (χ0) is 14.4. The molecule has 1 rings (SSSR count). The van der Waals surface area contributed by atoms with E-state index in [0.717, 1.165) is 13.0 Å². The van der Waals surface area contributed by atoms with Crippen LogP contribution in [0.4, 0.5) is 8.78 Å². The molecule has 0 bridgehead atoms. The maximum absolute atomic E-state index is 13.5. The van der Waals surface area contributed by atoms with E-state index in [2.05, 4.69) is 24.1 Å². The van der Waals surface area contributed by atoms with Crippen molar-refractivity contribution in [2.45, 2.75) is 32.9 Å². The minimum atomic E-state index is -0.486. The van der Waals surface area contributed by atoms with Gasteiger partial charge >= 0.3 is 0 Å². The maximum Gasteiger partial charge on any atom is 0.130 e. The third-order valence-corrected chi connectivity index (χ3v) is 2.97. The highest BCUT2D eigenvalue weighted by Gasteiger charge is 2.14. The van der Waals surface area contributed by atoms with Crippen molar-refractivity contribution in [3.05, 3.63) is 35.4 Å². The first-order valence-electron chi connectivity index (χ1n) is 6.71. The molecule has 1 aromatic carbocycles. The van der Waals surface area contributed by atoms with Gasteiger partial charge in [-0.15, -0.1) is 0 Å². The van der Waals surface area contributed by atoms with Crippen molar-refractivity contribution in [2.24, 2.45) is 5.92 Å². The lowest BCUT2D eigenvalue weighted by Gasteiger charge is -2.24. The molecular weight excluding hydrogens is 246 g/mol. The molecule has 0 aliphatic rings. The van der Waals surface area contributed by atoms with Gasteiger partial charge in [-0.25, -0.2) is 8.78 Å². The number of hydrogen-bond donors (Lipinski definition) is 1. The van der Waals surface area contributed by atoms with E-state index in [-0.39, 0.29) is 18.2 Å². The van der Waals surface area contributed by atoms with Crippen molar-refractivity contribution < 1.29 is 8.78 Å². The molecule has 0 aliphatic heterocycles. The Morgan fingerprint density at radius 1 is 1.16 bits per heavy atom. The summed E-state index contributed by atoms with van der Waals surface area (Å²) in [6.07, 6.45) is 0.980. The molecule has 19 heavy (non-hydrogen) atoms. The lowest BCUT2D eigenvalue weighted by atomic mass is 10.0. The molecule has 1 atom stereocenters. The Bertz CT molecular complexity index is 361. The summed E-state index contributed by atoms with van der Waals surface area (Å²) >= 11 is 0. The molecule has 4 heteroatoms. The number of benzene rings is 1. The monoisotopic (exact) mass is 270 g/mol. The van der Waals surface area contributed by atoms with Crippen LogP contribution in [0.5, 0.6) is 0 Å². The second-order valence-electron chi connectivity index (χ2n) is 5.67. The highest BCUT2D eigenvalue weighted by Crippen LogP contribution is 2.13. The van der Waals surface area contributed by atoms with E-state index >= 15 is 0 Å². The van der Waals surface area contributed by atoms with E-state index < -0.39 is 11.6 Å². The van der Waals surface area contributed by atoms with Gasteiger partial charge in [-0.1, -0.05) is 19.9 Å². The van der Waals surface area contributed by atoms with E-state index in [4.69, 9.17) is 0 Å². The van der Waals surface area contributed by atoms with Crippen LogP contribution < -0.4 is 5.32 Å². The minimum absolute atomic E-state index is 0.120. The van der Waals surface area contributed by atoms with Crippen molar-refractivity contribution >= 4 is 0 Å². The van der Waals surface area contributed by atoms with Gasteiger partial charge < -0.3 is 10.2 Å². The summed E-state index contributed by atoms with van der Waals surface area (Å²) in [5, 5.41) is 3.26. The molecule has 0 heterocycles. The van der Waals surface area contributed by atoms with Crippen LogP contribution in [-0.2, 0) is 6.54 Å². The summed E-state index contributed by atoms with van der Waals surface area (Å²) in [5.41, 5.74) is 0.120. The molecule has 0 aliphatic carbocycles. The molecule has 2 nitrogen and oxygen atoms in total. The van der Waals surface area contributed by atoms with E-state index in [1.54, 1.807) is 0 Å². The quantitative estimate of drug-likeness (QED) is 0.819. The van der Waals surface area contributed by atoms with Gasteiger partial charge in [0.2, 0.25) is 0 Å². The normalized spacial score (nSPS) is 13.3. The molecule has 1 N–H and O–H groups in total. The highest BCUT2D eigenvalue weighted by atomic mass is 19.1. The number of nitrogens with one attached hydrogen (secondary N) is 1. The smallest absolute Gasteiger partial charge is 0.130 e. The van der Waals surface area contributed by atoms with Crippen molar-refractivity contribution in [3.63, 3.8) is 0 Å². The van der Waals surface area contributed by atoms with E-state index in [0.29, 0.717) is 5.92 Å². The number of nitrogens with zero attached hydrogens (tertiary/aromatic N) is 1. The first-order chi connectivity index (χ1) is 8.90. The van der Waals surface area contributed by atoms with Crippen molar-refractivity contribution in [2.75, 3.05) is 20.6 Å². The average molecular weight is 270 g/mol. The van der Waals surface area contributed by atoms with Gasteiger partial charge in [-0.05, 0) is 38.6 Å². The Morgan fingerprint density at radius 2 is 1.74 bits per heavy atom. The highest BCUT2D eigenvalue weighted by molar-refractivity contribution is 5.19. The van der Waals surface area contributed by atoms with Gasteiger partial charge in [0.25, 0.3) is 0 Å². The summed E-state index contributed by atoms with van der Waals surface area (Å²) in [7, 11) is 4.00.